The van der Waals surface area contributed by atoms with Gasteiger partial charge in [-0.15, -0.1) is 11.3 Å². The molecular formula is C19H17FN4O2S. The summed E-state index contributed by atoms with van der Waals surface area (Å²) in [6.07, 6.45) is 3.93. The van der Waals surface area contributed by atoms with Gasteiger partial charge in [0.2, 0.25) is 0 Å². The minimum Gasteiger partial charge on any atom is -0.354 e. The van der Waals surface area contributed by atoms with Crippen LogP contribution in [0.4, 0.5) is 4.39 Å². The molecule has 3 aromatic rings. The molecule has 0 bridgehead atoms. The van der Waals surface area contributed by atoms with Crippen molar-refractivity contribution in [1.29, 1.82) is 0 Å². The van der Waals surface area contributed by atoms with Crippen molar-refractivity contribution in [2.75, 3.05) is 20.1 Å². The van der Waals surface area contributed by atoms with Crippen LogP contribution in [0.3, 0.4) is 0 Å². The zero-order valence-corrected chi connectivity index (χ0v) is 15.4. The van der Waals surface area contributed by atoms with Crippen LogP contribution in [0.25, 0.3) is 10.3 Å². The largest absolute Gasteiger partial charge is 0.354 e. The van der Waals surface area contributed by atoms with E-state index in [-0.39, 0.29) is 17.7 Å². The number of halogens is 1. The Labute approximate surface area is 159 Å². The Hall–Kier alpha value is -2.87. The molecule has 6 nitrogen and oxygen atoms in total. The van der Waals surface area contributed by atoms with Crippen LogP contribution < -0.4 is 5.32 Å². The summed E-state index contributed by atoms with van der Waals surface area (Å²) in [7, 11) is 1.59. The molecule has 1 aliphatic heterocycles. The van der Waals surface area contributed by atoms with Gasteiger partial charge < -0.3 is 10.2 Å². The van der Waals surface area contributed by atoms with E-state index in [0.29, 0.717) is 40.3 Å². The first kappa shape index (κ1) is 17.5. The van der Waals surface area contributed by atoms with E-state index in [1.54, 1.807) is 30.4 Å². The second-order valence-corrected chi connectivity index (χ2v) is 7.38. The number of aromatic nitrogens is 2. The summed E-state index contributed by atoms with van der Waals surface area (Å²) in [5, 5.41) is 2.67. The van der Waals surface area contributed by atoms with E-state index < -0.39 is 5.82 Å². The number of fused-ring (bicyclic) bond motifs is 1. The monoisotopic (exact) mass is 384 g/mol. The van der Waals surface area contributed by atoms with Gasteiger partial charge in [-0.3, -0.25) is 14.6 Å². The summed E-state index contributed by atoms with van der Waals surface area (Å²) in [6, 6.07) is 5.70. The average Bonchev–Trinajstić information content (AvgIpc) is 3.31. The fraction of sp³-hybridized carbons (Fsp3) is 0.263. The van der Waals surface area contributed by atoms with Gasteiger partial charge in [0.25, 0.3) is 11.8 Å². The van der Waals surface area contributed by atoms with E-state index in [1.165, 1.54) is 29.5 Å². The molecule has 2 aromatic heterocycles. The Morgan fingerprint density at radius 2 is 2.11 bits per heavy atom. The quantitative estimate of drug-likeness (QED) is 0.754. The van der Waals surface area contributed by atoms with E-state index in [2.05, 4.69) is 15.3 Å². The smallest absolute Gasteiger partial charge is 0.261 e. The number of hydrogen-bond donors (Lipinski definition) is 1. The van der Waals surface area contributed by atoms with Gasteiger partial charge in [-0.2, -0.15) is 0 Å². The molecule has 1 fully saturated rings. The molecule has 4 rings (SSSR count). The molecule has 27 heavy (non-hydrogen) atoms. The van der Waals surface area contributed by atoms with Crippen LogP contribution >= 0.6 is 11.3 Å². The first-order valence-corrected chi connectivity index (χ1v) is 9.40. The summed E-state index contributed by atoms with van der Waals surface area (Å²) < 4.78 is 13.4. The highest BCUT2D eigenvalue weighted by atomic mass is 32.1. The maximum absolute atomic E-state index is 13.4. The first-order chi connectivity index (χ1) is 13.1. The maximum atomic E-state index is 13.4. The fourth-order valence-electron chi connectivity index (χ4n) is 3.49. The van der Waals surface area contributed by atoms with Crippen molar-refractivity contribution in [3.8, 4) is 0 Å². The lowest BCUT2D eigenvalue weighted by Gasteiger charge is -2.17. The minimum absolute atomic E-state index is 0.0136. The van der Waals surface area contributed by atoms with Crippen molar-refractivity contribution >= 4 is 33.5 Å². The molecule has 1 unspecified atom stereocenters. The van der Waals surface area contributed by atoms with E-state index in [9.17, 15) is 14.0 Å². The molecule has 1 N–H and O–H groups in total. The lowest BCUT2D eigenvalue weighted by Crippen LogP contribution is -2.28. The standard InChI is InChI=1S/C19H17FN4O2S/c1-21-17(25)16-14(15-18(27-16)23-7-6-22-15)12-5-8-24(10-12)19(26)11-3-2-4-13(20)9-11/h2-4,6-7,9,12H,5,8,10H2,1H3,(H,21,25). The zero-order valence-electron chi connectivity index (χ0n) is 14.6. The number of rotatable bonds is 3. The van der Waals surface area contributed by atoms with Crippen LogP contribution in [0.1, 0.15) is 37.9 Å². The van der Waals surface area contributed by atoms with Crippen LogP contribution in [0.5, 0.6) is 0 Å². The summed E-state index contributed by atoms with van der Waals surface area (Å²) in [4.78, 5) is 36.8. The Kier molecular flexibility index (Phi) is 4.57. The predicted molar refractivity (Wildman–Crippen MR) is 100 cm³/mol. The molecule has 3 heterocycles. The van der Waals surface area contributed by atoms with E-state index in [1.807, 2.05) is 0 Å². The number of thiophene rings is 1. The summed E-state index contributed by atoms with van der Waals surface area (Å²) >= 11 is 1.31. The highest BCUT2D eigenvalue weighted by Gasteiger charge is 2.33. The molecule has 0 spiro atoms. The Morgan fingerprint density at radius 1 is 1.30 bits per heavy atom. The van der Waals surface area contributed by atoms with Crippen LogP contribution in [-0.2, 0) is 0 Å². The number of carbonyl (C=O) groups is 2. The first-order valence-electron chi connectivity index (χ1n) is 8.59. The summed E-state index contributed by atoms with van der Waals surface area (Å²) in [5.74, 6) is -0.827. The van der Waals surface area contributed by atoms with Crippen molar-refractivity contribution in [1.82, 2.24) is 20.2 Å². The molecule has 0 aliphatic carbocycles. The van der Waals surface area contributed by atoms with Crippen LogP contribution in [0.15, 0.2) is 36.7 Å². The van der Waals surface area contributed by atoms with Crippen molar-refractivity contribution in [2.24, 2.45) is 0 Å². The number of nitrogens with zero attached hydrogens (tertiary/aromatic N) is 3. The molecule has 1 atom stereocenters. The highest BCUT2D eigenvalue weighted by Crippen LogP contribution is 2.38. The molecule has 2 amide bonds. The number of hydrogen-bond acceptors (Lipinski definition) is 5. The summed E-state index contributed by atoms with van der Waals surface area (Å²) in [6.45, 7) is 1.01. The van der Waals surface area contributed by atoms with Crippen LogP contribution in [-0.4, -0.2) is 46.8 Å². The number of amides is 2. The van der Waals surface area contributed by atoms with Crippen molar-refractivity contribution in [2.45, 2.75) is 12.3 Å². The van der Waals surface area contributed by atoms with Gasteiger partial charge in [-0.05, 0) is 24.6 Å². The van der Waals surface area contributed by atoms with Gasteiger partial charge in [0.15, 0.2) is 0 Å². The molecule has 8 heteroatoms. The van der Waals surface area contributed by atoms with Crippen molar-refractivity contribution < 1.29 is 14.0 Å². The molecule has 1 saturated heterocycles. The minimum atomic E-state index is -0.433. The molecular weight excluding hydrogens is 367 g/mol. The third kappa shape index (κ3) is 3.16. The normalized spacial score (nSPS) is 16.7. The van der Waals surface area contributed by atoms with Crippen LogP contribution in [0.2, 0.25) is 0 Å². The highest BCUT2D eigenvalue weighted by molar-refractivity contribution is 7.20. The Morgan fingerprint density at radius 3 is 2.89 bits per heavy atom. The number of likely N-dealkylation sites (tertiary alicyclic amines) is 1. The van der Waals surface area contributed by atoms with E-state index in [4.69, 9.17) is 0 Å². The maximum Gasteiger partial charge on any atom is 0.261 e. The molecule has 1 aliphatic rings. The third-order valence-electron chi connectivity index (χ3n) is 4.75. The Bertz CT molecular complexity index is 1040. The molecule has 0 radical (unpaired) electrons. The number of benzene rings is 1. The van der Waals surface area contributed by atoms with Gasteiger partial charge in [0.1, 0.15) is 16.2 Å². The van der Waals surface area contributed by atoms with E-state index in [0.717, 1.165) is 5.56 Å². The molecule has 138 valence electrons. The number of nitrogens with one attached hydrogen (secondary N) is 1. The SMILES string of the molecule is CNC(=O)c1sc2nccnc2c1C1CCN(C(=O)c2cccc(F)c2)C1. The third-order valence-corrected chi connectivity index (χ3v) is 5.85. The number of carbonyl (C=O) groups excluding carboxylic acids is 2. The van der Waals surface area contributed by atoms with Crippen LogP contribution in [0, 0.1) is 5.82 Å². The second kappa shape index (κ2) is 7.03. The van der Waals surface area contributed by atoms with E-state index >= 15 is 0 Å². The van der Waals surface area contributed by atoms with Gasteiger partial charge in [-0.1, -0.05) is 6.07 Å². The van der Waals surface area contributed by atoms with Gasteiger partial charge in [-0.25, -0.2) is 9.37 Å². The topological polar surface area (TPSA) is 75.2 Å². The second-order valence-electron chi connectivity index (χ2n) is 6.38. The summed E-state index contributed by atoms with van der Waals surface area (Å²) in [5.41, 5.74) is 1.89. The molecule has 1 aromatic carbocycles. The average molecular weight is 384 g/mol. The van der Waals surface area contributed by atoms with Gasteiger partial charge in [0, 0.05) is 49.6 Å². The Balaban J connectivity index is 1.66. The van der Waals surface area contributed by atoms with Gasteiger partial charge >= 0.3 is 0 Å². The lowest BCUT2D eigenvalue weighted by atomic mass is 9.97. The van der Waals surface area contributed by atoms with Crippen molar-refractivity contribution in [3.05, 3.63) is 58.5 Å². The lowest BCUT2D eigenvalue weighted by molar-refractivity contribution is 0.0790. The van der Waals surface area contributed by atoms with Crippen molar-refractivity contribution in [3.63, 3.8) is 0 Å². The predicted octanol–water partition coefficient (Wildman–Crippen LogP) is 2.82. The zero-order chi connectivity index (χ0) is 19.0. The molecule has 0 saturated carbocycles. The van der Waals surface area contributed by atoms with Gasteiger partial charge in [0.05, 0.1) is 4.88 Å². The fourth-order valence-corrected chi connectivity index (χ4v) is 4.62.